The molecule has 0 aliphatic rings. The van der Waals surface area contributed by atoms with Crippen molar-refractivity contribution in [3.05, 3.63) is 35.6 Å². The van der Waals surface area contributed by atoms with Gasteiger partial charge in [-0.2, -0.15) is 0 Å². The Morgan fingerprint density at radius 2 is 1.59 bits per heavy atom. The molecule has 1 aromatic carbocycles. The van der Waals surface area contributed by atoms with Crippen LogP contribution in [-0.2, 0) is 0 Å². The summed E-state index contributed by atoms with van der Waals surface area (Å²) in [5.41, 5.74) is 0.748. The molecule has 0 saturated carbocycles. The summed E-state index contributed by atoms with van der Waals surface area (Å²) in [6.45, 7) is 8.22. The van der Waals surface area contributed by atoms with E-state index in [4.69, 9.17) is 0 Å². The zero-order chi connectivity index (χ0) is 13.0. The first-order chi connectivity index (χ1) is 7.91. The summed E-state index contributed by atoms with van der Waals surface area (Å²) in [6, 6.07) is 6.31. The third-order valence-electron chi connectivity index (χ3n) is 2.80. The van der Waals surface area contributed by atoms with Crippen molar-refractivity contribution in [1.82, 2.24) is 5.32 Å². The normalized spacial score (nSPS) is 15.3. The van der Waals surface area contributed by atoms with Crippen molar-refractivity contribution in [2.24, 2.45) is 5.92 Å². The molecule has 3 heteroatoms. The summed E-state index contributed by atoms with van der Waals surface area (Å²) in [4.78, 5) is 0. The van der Waals surface area contributed by atoms with Crippen LogP contribution >= 0.6 is 0 Å². The number of rotatable bonds is 5. The van der Waals surface area contributed by atoms with E-state index in [1.54, 1.807) is 12.1 Å². The highest BCUT2D eigenvalue weighted by molar-refractivity contribution is 5.20. The van der Waals surface area contributed by atoms with Crippen LogP contribution in [0.5, 0.6) is 0 Å². The lowest BCUT2D eigenvalue weighted by Crippen LogP contribution is -2.42. The number of aliphatic hydroxyl groups is 1. The van der Waals surface area contributed by atoms with Gasteiger partial charge in [-0.15, -0.1) is 0 Å². The first-order valence-electron chi connectivity index (χ1n) is 6.11. The van der Waals surface area contributed by atoms with E-state index >= 15 is 0 Å². The second-order valence-electron chi connectivity index (χ2n) is 5.09. The zero-order valence-electron chi connectivity index (χ0n) is 10.9. The van der Waals surface area contributed by atoms with Gasteiger partial charge in [-0.1, -0.05) is 39.8 Å². The molecule has 1 rings (SSSR count). The van der Waals surface area contributed by atoms with Gasteiger partial charge in [0.1, 0.15) is 5.82 Å². The Balaban J connectivity index is 2.83. The summed E-state index contributed by atoms with van der Waals surface area (Å²) >= 11 is 0. The van der Waals surface area contributed by atoms with E-state index in [-0.39, 0.29) is 11.9 Å². The third kappa shape index (κ3) is 4.10. The SMILES string of the molecule is CC(C)NC(C(C)C)C(O)c1ccc(F)cc1. The van der Waals surface area contributed by atoms with Crippen LogP contribution in [0.25, 0.3) is 0 Å². The van der Waals surface area contributed by atoms with E-state index < -0.39 is 6.10 Å². The lowest BCUT2D eigenvalue weighted by molar-refractivity contribution is 0.100. The van der Waals surface area contributed by atoms with Crippen LogP contribution in [0.1, 0.15) is 39.4 Å². The lowest BCUT2D eigenvalue weighted by atomic mass is 9.93. The number of nitrogens with one attached hydrogen (secondary N) is 1. The van der Waals surface area contributed by atoms with E-state index in [0.29, 0.717) is 12.0 Å². The standard InChI is InChI=1S/C14H22FNO/c1-9(2)13(16-10(3)4)14(17)11-5-7-12(15)8-6-11/h5-10,13-14,16-17H,1-4H3. The molecule has 1 aromatic rings. The Hall–Kier alpha value is -0.930. The number of aliphatic hydroxyl groups excluding tert-OH is 1. The molecular weight excluding hydrogens is 217 g/mol. The molecule has 0 amide bonds. The summed E-state index contributed by atoms with van der Waals surface area (Å²) in [7, 11) is 0. The monoisotopic (exact) mass is 239 g/mol. The van der Waals surface area contributed by atoms with E-state index in [2.05, 4.69) is 19.2 Å². The Morgan fingerprint density at radius 3 is 2.00 bits per heavy atom. The molecule has 2 nitrogen and oxygen atoms in total. The molecule has 2 N–H and O–H groups in total. The third-order valence-corrected chi connectivity index (χ3v) is 2.80. The fourth-order valence-corrected chi connectivity index (χ4v) is 1.90. The quantitative estimate of drug-likeness (QED) is 0.828. The topological polar surface area (TPSA) is 32.3 Å². The molecule has 0 spiro atoms. The summed E-state index contributed by atoms with van der Waals surface area (Å²) in [6.07, 6.45) is -0.613. The van der Waals surface area contributed by atoms with Gasteiger partial charge in [0.05, 0.1) is 6.10 Å². The lowest BCUT2D eigenvalue weighted by Gasteiger charge is -2.29. The molecule has 2 atom stereocenters. The van der Waals surface area contributed by atoms with Gasteiger partial charge in [0.15, 0.2) is 0 Å². The highest BCUT2D eigenvalue weighted by Crippen LogP contribution is 2.22. The number of benzene rings is 1. The molecule has 0 heterocycles. The van der Waals surface area contributed by atoms with Crippen LogP contribution in [0, 0.1) is 11.7 Å². The van der Waals surface area contributed by atoms with Gasteiger partial charge in [-0.3, -0.25) is 0 Å². The van der Waals surface area contributed by atoms with Crippen LogP contribution in [0.4, 0.5) is 4.39 Å². The number of hydrogen-bond acceptors (Lipinski definition) is 2. The molecule has 0 aliphatic heterocycles. The smallest absolute Gasteiger partial charge is 0.123 e. The minimum Gasteiger partial charge on any atom is -0.387 e. The Kier molecular flexibility index (Phi) is 5.09. The van der Waals surface area contributed by atoms with Crippen molar-refractivity contribution in [1.29, 1.82) is 0 Å². The minimum atomic E-state index is -0.613. The average molecular weight is 239 g/mol. The second kappa shape index (κ2) is 6.12. The maximum Gasteiger partial charge on any atom is 0.123 e. The maximum absolute atomic E-state index is 12.8. The van der Waals surface area contributed by atoms with Gasteiger partial charge in [-0.25, -0.2) is 4.39 Å². The fourth-order valence-electron chi connectivity index (χ4n) is 1.90. The van der Waals surface area contributed by atoms with Crippen molar-refractivity contribution in [3.63, 3.8) is 0 Å². The van der Waals surface area contributed by atoms with Gasteiger partial charge >= 0.3 is 0 Å². The highest BCUT2D eigenvalue weighted by Gasteiger charge is 2.24. The van der Waals surface area contributed by atoms with E-state index in [9.17, 15) is 9.50 Å². The Bertz CT molecular complexity index is 335. The van der Waals surface area contributed by atoms with Gasteiger partial charge < -0.3 is 10.4 Å². The van der Waals surface area contributed by atoms with Gasteiger partial charge in [-0.05, 0) is 23.6 Å². The number of halogens is 1. The molecule has 0 bridgehead atoms. The van der Waals surface area contributed by atoms with Crippen LogP contribution in [0.3, 0.4) is 0 Å². The van der Waals surface area contributed by atoms with Gasteiger partial charge in [0, 0.05) is 12.1 Å². The molecule has 2 unspecified atom stereocenters. The molecule has 96 valence electrons. The molecule has 0 aromatic heterocycles. The summed E-state index contributed by atoms with van der Waals surface area (Å²) in [5, 5.41) is 13.7. The summed E-state index contributed by atoms with van der Waals surface area (Å²) < 4.78 is 12.8. The molecular formula is C14H22FNO. The Labute approximate surface area is 103 Å². The van der Waals surface area contributed by atoms with Crippen LogP contribution in [0.15, 0.2) is 24.3 Å². The van der Waals surface area contributed by atoms with Crippen molar-refractivity contribution in [3.8, 4) is 0 Å². The van der Waals surface area contributed by atoms with Crippen molar-refractivity contribution >= 4 is 0 Å². The van der Waals surface area contributed by atoms with Crippen molar-refractivity contribution in [2.45, 2.75) is 45.9 Å². The van der Waals surface area contributed by atoms with Crippen LogP contribution < -0.4 is 5.32 Å². The molecule has 0 aliphatic carbocycles. The predicted octanol–water partition coefficient (Wildman–Crippen LogP) is 2.88. The molecule has 0 fully saturated rings. The van der Waals surface area contributed by atoms with Gasteiger partial charge in [0.25, 0.3) is 0 Å². The Morgan fingerprint density at radius 1 is 1.06 bits per heavy atom. The summed E-state index contributed by atoms with van der Waals surface area (Å²) in [5.74, 6) is 0.0244. The highest BCUT2D eigenvalue weighted by atomic mass is 19.1. The minimum absolute atomic E-state index is 0.0274. The van der Waals surface area contributed by atoms with Crippen molar-refractivity contribution < 1.29 is 9.50 Å². The largest absolute Gasteiger partial charge is 0.387 e. The van der Waals surface area contributed by atoms with E-state index in [1.165, 1.54) is 12.1 Å². The van der Waals surface area contributed by atoms with Gasteiger partial charge in [0.2, 0.25) is 0 Å². The predicted molar refractivity (Wildman–Crippen MR) is 68.3 cm³/mol. The zero-order valence-corrected chi connectivity index (χ0v) is 10.9. The van der Waals surface area contributed by atoms with Crippen LogP contribution in [0.2, 0.25) is 0 Å². The first kappa shape index (κ1) is 14.1. The second-order valence-corrected chi connectivity index (χ2v) is 5.09. The maximum atomic E-state index is 12.8. The average Bonchev–Trinajstić information content (AvgIpc) is 2.25. The molecule has 17 heavy (non-hydrogen) atoms. The first-order valence-corrected chi connectivity index (χ1v) is 6.11. The number of hydrogen-bond donors (Lipinski definition) is 2. The van der Waals surface area contributed by atoms with Crippen molar-refractivity contribution in [2.75, 3.05) is 0 Å². The fraction of sp³-hybridized carbons (Fsp3) is 0.571. The van der Waals surface area contributed by atoms with E-state index in [0.717, 1.165) is 5.56 Å². The molecule has 0 saturated heterocycles. The van der Waals surface area contributed by atoms with E-state index in [1.807, 2.05) is 13.8 Å². The molecule has 0 radical (unpaired) electrons. The van der Waals surface area contributed by atoms with Crippen LogP contribution in [-0.4, -0.2) is 17.2 Å².